The summed E-state index contributed by atoms with van der Waals surface area (Å²) in [6.07, 6.45) is 1.82. The first-order chi connectivity index (χ1) is 14.7. The number of aromatic nitrogens is 3. The fourth-order valence-corrected chi connectivity index (χ4v) is 4.19. The Balaban J connectivity index is 1.82. The van der Waals surface area contributed by atoms with E-state index >= 15 is 0 Å². The lowest BCUT2D eigenvalue weighted by Gasteiger charge is -2.10. The average molecular weight is 435 g/mol. The first-order valence-corrected chi connectivity index (χ1v) is 11.1. The van der Waals surface area contributed by atoms with Gasteiger partial charge in [0.05, 0.1) is 21.2 Å². The second kappa shape index (κ2) is 7.57. The summed E-state index contributed by atoms with van der Waals surface area (Å²) in [6, 6.07) is 17.6. The molecule has 0 saturated heterocycles. The van der Waals surface area contributed by atoms with Crippen LogP contribution in [0.4, 0.5) is 0 Å². The fraction of sp³-hybridized carbons (Fsp3) is 0.0870. The third kappa shape index (κ3) is 3.78. The van der Waals surface area contributed by atoms with Crippen LogP contribution in [0.5, 0.6) is 0 Å². The molecular formula is C23H22N4O3S. The number of nitrogens with zero attached hydrogens (tertiary/aromatic N) is 2. The zero-order valence-electron chi connectivity index (χ0n) is 17.2. The molecule has 3 N–H and O–H groups in total. The van der Waals surface area contributed by atoms with E-state index in [1.54, 1.807) is 12.1 Å². The van der Waals surface area contributed by atoms with Crippen molar-refractivity contribution < 1.29 is 8.42 Å². The second-order valence-corrected chi connectivity index (χ2v) is 8.89. The molecule has 7 nitrogen and oxygen atoms in total. The number of primary sulfonamides is 1. The molecule has 0 unspecified atom stereocenters. The monoisotopic (exact) mass is 434 g/mol. The molecule has 2 aromatic carbocycles. The maximum Gasteiger partial charge on any atom is 0.279 e. The van der Waals surface area contributed by atoms with Gasteiger partial charge in [-0.15, -0.1) is 0 Å². The predicted octanol–water partition coefficient (Wildman–Crippen LogP) is 1.46. The van der Waals surface area contributed by atoms with Gasteiger partial charge in [-0.3, -0.25) is 9.89 Å². The molecule has 0 saturated carbocycles. The van der Waals surface area contributed by atoms with Crippen molar-refractivity contribution in [3.8, 4) is 11.4 Å². The highest BCUT2D eigenvalue weighted by Crippen LogP contribution is 2.22. The van der Waals surface area contributed by atoms with Gasteiger partial charge in [0.2, 0.25) is 10.0 Å². The molecule has 0 atom stereocenters. The molecule has 0 aliphatic rings. The minimum Gasteiger partial charge on any atom is -0.318 e. The molecule has 158 valence electrons. The van der Waals surface area contributed by atoms with Crippen molar-refractivity contribution in [2.45, 2.75) is 18.7 Å². The van der Waals surface area contributed by atoms with Gasteiger partial charge in [-0.25, -0.2) is 18.2 Å². The van der Waals surface area contributed by atoms with Crippen molar-refractivity contribution in [3.05, 3.63) is 98.5 Å². The zero-order valence-corrected chi connectivity index (χ0v) is 18.0. The molecule has 2 heterocycles. The third-order valence-electron chi connectivity index (χ3n) is 5.21. The van der Waals surface area contributed by atoms with Gasteiger partial charge >= 0.3 is 0 Å². The number of aryl methyl sites for hydroxylation is 1. The van der Waals surface area contributed by atoms with E-state index in [2.05, 4.69) is 11.7 Å². The van der Waals surface area contributed by atoms with E-state index in [4.69, 9.17) is 5.14 Å². The van der Waals surface area contributed by atoms with Gasteiger partial charge in [0.25, 0.3) is 5.56 Å². The molecule has 0 spiro atoms. The van der Waals surface area contributed by atoms with Crippen LogP contribution in [0.2, 0.25) is 0 Å². The number of benzene rings is 2. The van der Waals surface area contributed by atoms with E-state index in [0.717, 1.165) is 28.3 Å². The quantitative estimate of drug-likeness (QED) is 0.508. The van der Waals surface area contributed by atoms with E-state index in [0.29, 0.717) is 10.6 Å². The number of rotatable bonds is 4. The van der Waals surface area contributed by atoms with Crippen molar-refractivity contribution in [1.29, 1.82) is 0 Å². The lowest BCUT2D eigenvalue weighted by Crippen LogP contribution is -2.34. The highest BCUT2D eigenvalue weighted by molar-refractivity contribution is 7.89. The first kappa shape index (κ1) is 20.6. The summed E-state index contributed by atoms with van der Waals surface area (Å²) in [6.45, 7) is 7.88. The number of nitrogens with one attached hydrogen (secondary N) is 1. The maximum atomic E-state index is 13.0. The van der Waals surface area contributed by atoms with Crippen LogP contribution < -0.4 is 21.3 Å². The van der Waals surface area contributed by atoms with Crippen LogP contribution in [0.15, 0.2) is 70.4 Å². The number of para-hydroxylation sites is 1. The Morgan fingerprint density at radius 3 is 2.26 bits per heavy atom. The van der Waals surface area contributed by atoms with Gasteiger partial charge in [-0.1, -0.05) is 24.8 Å². The molecule has 0 fully saturated rings. The van der Waals surface area contributed by atoms with Gasteiger partial charge in [0.15, 0.2) is 0 Å². The summed E-state index contributed by atoms with van der Waals surface area (Å²) < 4.78 is 26.5. The van der Waals surface area contributed by atoms with Crippen LogP contribution in [-0.2, 0) is 10.0 Å². The van der Waals surface area contributed by atoms with Gasteiger partial charge in [0, 0.05) is 17.1 Å². The minimum absolute atomic E-state index is 0.0565. The van der Waals surface area contributed by atoms with E-state index in [-0.39, 0.29) is 10.5 Å². The number of nitrogens with two attached hydrogens (primary N) is 1. The molecule has 0 aliphatic carbocycles. The molecule has 0 bridgehead atoms. The average Bonchev–Trinajstić information content (AvgIpc) is 3.18. The van der Waals surface area contributed by atoms with Crippen molar-refractivity contribution in [2.75, 3.05) is 0 Å². The lowest BCUT2D eigenvalue weighted by molar-refractivity contribution is 0.598. The summed E-state index contributed by atoms with van der Waals surface area (Å²) in [5.41, 5.74) is 4.07. The molecule has 2 aromatic heterocycles. The van der Waals surface area contributed by atoms with Crippen LogP contribution in [0.1, 0.15) is 17.0 Å². The Morgan fingerprint density at radius 2 is 1.65 bits per heavy atom. The highest BCUT2D eigenvalue weighted by Gasteiger charge is 2.13. The molecule has 4 rings (SSSR count). The number of hydrogen-bond donors (Lipinski definition) is 2. The SMILES string of the molecule is C=c1[nH]n(-c2ccccc2)c(=O)/c1=C\c1cc(C)n(-c2ccc(S(N)(=O)=O)cc2)c1C. The third-order valence-corrected chi connectivity index (χ3v) is 6.14. The minimum atomic E-state index is -3.75. The van der Waals surface area contributed by atoms with E-state index in [9.17, 15) is 13.2 Å². The second-order valence-electron chi connectivity index (χ2n) is 7.33. The van der Waals surface area contributed by atoms with Crippen LogP contribution in [-0.4, -0.2) is 22.8 Å². The summed E-state index contributed by atoms with van der Waals surface area (Å²) in [5.74, 6) is 0. The largest absolute Gasteiger partial charge is 0.318 e. The highest BCUT2D eigenvalue weighted by atomic mass is 32.2. The maximum absolute atomic E-state index is 13.0. The molecular weight excluding hydrogens is 412 g/mol. The van der Waals surface area contributed by atoms with Gasteiger partial charge in [0.1, 0.15) is 0 Å². The van der Waals surface area contributed by atoms with Crippen molar-refractivity contribution in [2.24, 2.45) is 5.14 Å². The van der Waals surface area contributed by atoms with E-state index < -0.39 is 10.0 Å². The normalized spacial score (nSPS) is 12.4. The molecule has 0 aliphatic heterocycles. The van der Waals surface area contributed by atoms with Crippen molar-refractivity contribution in [1.82, 2.24) is 14.3 Å². The van der Waals surface area contributed by atoms with E-state index in [1.165, 1.54) is 16.8 Å². The summed E-state index contributed by atoms with van der Waals surface area (Å²) >= 11 is 0. The molecule has 31 heavy (non-hydrogen) atoms. The van der Waals surface area contributed by atoms with Crippen molar-refractivity contribution in [3.63, 3.8) is 0 Å². The smallest absolute Gasteiger partial charge is 0.279 e. The van der Waals surface area contributed by atoms with Crippen molar-refractivity contribution >= 4 is 22.7 Å². The molecule has 8 heteroatoms. The molecule has 4 aromatic rings. The fourth-order valence-electron chi connectivity index (χ4n) is 3.67. The van der Waals surface area contributed by atoms with Gasteiger partial charge < -0.3 is 4.57 Å². The number of sulfonamides is 1. The number of hydrogen-bond acceptors (Lipinski definition) is 3. The molecule has 0 radical (unpaired) electrons. The zero-order chi connectivity index (χ0) is 22.3. The van der Waals surface area contributed by atoms with Gasteiger partial charge in [-0.05, 0) is 68.0 Å². The predicted molar refractivity (Wildman–Crippen MR) is 121 cm³/mol. The Kier molecular flexibility index (Phi) is 5.04. The number of aromatic amines is 1. The van der Waals surface area contributed by atoms with Crippen LogP contribution in [0.25, 0.3) is 24.0 Å². The summed E-state index contributed by atoms with van der Waals surface area (Å²) in [4.78, 5) is 13.0. The van der Waals surface area contributed by atoms with Crippen LogP contribution >= 0.6 is 0 Å². The summed E-state index contributed by atoms with van der Waals surface area (Å²) in [5, 5.41) is 9.22. The lowest BCUT2D eigenvalue weighted by atomic mass is 10.2. The Hall–Kier alpha value is -3.62. The Morgan fingerprint density at radius 1 is 1.00 bits per heavy atom. The standard InChI is InChI=1S/C23H22N4O3S/c1-15-13-18(17(3)26(15)19-9-11-21(12-10-19)31(24,29)30)14-22-16(2)25-27(23(22)28)20-7-5-4-6-8-20/h4-14,25H,2H2,1,3H3,(H2,24,29,30)/b22-14-. The van der Waals surface area contributed by atoms with E-state index in [1.807, 2.05) is 60.9 Å². The topological polar surface area (TPSA) is 103 Å². The number of H-pyrrole nitrogens is 1. The van der Waals surface area contributed by atoms with Crippen LogP contribution in [0.3, 0.4) is 0 Å². The Bertz CT molecular complexity index is 1540. The van der Waals surface area contributed by atoms with Crippen LogP contribution in [0, 0.1) is 13.8 Å². The summed E-state index contributed by atoms with van der Waals surface area (Å²) in [7, 11) is -3.75. The van der Waals surface area contributed by atoms with Gasteiger partial charge in [-0.2, -0.15) is 0 Å². The Labute approximate surface area is 179 Å². The molecule has 0 amide bonds. The first-order valence-electron chi connectivity index (χ1n) is 9.56.